The summed E-state index contributed by atoms with van der Waals surface area (Å²) in [5.74, 6) is -13.6. The number of imide groups is 1. The molecule has 20 atom stereocenters. The Kier molecular flexibility index (Phi) is 26.9. The number of amides is 5. The molecule has 78 heavy (non-hydrogen) atoms. The number of hydrogen-bond acceptors (Lipinski definition) is 13. The van der Waals surface area contributed by atoms with Crippen molar-refractivity contribution in [3.63, 3.8) is 0 Å². The first kappa shape index (κ1) is 69.1. The lowest BCUT2D eigenvalue weighted by Gasteiger charge is -2.53. The van der Waals surface area contributed by atoms with Crippen molar-refractivity contribution in [3.05, 3.63) is 0 Å². The fourth-order valence-corrected chi connectivity index (χ4v) is 9.88. The Morgan fingerprint density at radius 2 is 1.09 bits per heavy atom. The summed E-state index contributed by atoms with van der Waals surface area (Å²) < 4.78 is 45.9. The maximum Gasteiger partial charge on any atom is 0.333 e. The van der Waals surface area contributed by atoms with Gasteiger partial charge in [0.05, 0.1) is 96.6 Å². The first-order valence-corrected chi connectivity index (χ1v) is 25.6. The molecule has 368 valence electrons. The lowest BCUT2D eigenvalue weighted by atomic mass is 9.15. The van der Waals surface area contributed by atoms with E-state index < -0.39 is 196 Å². The number of aliphatic carboxylic acids is 1. The van der Waals surface area contributed by atoms with E-state index in [0.717, 1.165) is 0 Å². The minimum atomic E-state index is -2.05. The topological polar surface area (TPSA) is 213 Å². The molecule has 4 saturated heterocycles. The van der Waals surface area contributed by atoms with E-state index in [1.165, 1.54) is 11.6 Å². The average Bonchev–Trinajstić information content (AvgIpc) is 3.35. The van der Waals surface area contributed by atoms with Crippen molar-refractivity contribution in [1.82, 2.24) is 25.6 Å². The van der Waals surface area contributed by atoms with Crippen LogP contribution in [0.15, 0.2) is 0 Å². The molecule has 4 N–H and O–H groups in total. The zero-order valence-corrected chi connectivity index (χ0v) is 44.6. The molecule has 0 aliphatic carbocycles. The Hall–Kier alpha value is -1.41. The molecule has 18 nitrogen and oxygen atoms in total. The highest BCUT2D eigenvalue weighted by molar-refractivity contribution is 7.43. The van der Waals surface area contributed by atoms with Gasteiger partial charge in [-0.2, -0.15) is 0 Å². The van der Waals surface area contributed by atoms with Gasteiger partial charge in [0.25, 0.3) is 5.91 Å². The second-order valence-electron chi connectivity index (χ2n) is 20.9. The van der Waals surface area contributed by atoms with Crippen LogP contribution in [0.3, 0.4) is 0 Å². The summed E-state index contributed by atoms with van der Waals surface area (Å²) in [6, 6.07) is -4.94. The van der Waals surface area contributed by atoms with Crippen LogP contribution in [0.1, 0.15) is 41.0 Å². The van der Waals surface area contributed by atoms with Crippen LogP contribution in [0.2, 0.25) is 34.9 Å². The van der Waals surface area contributed by atoms with E-state index in [0.29, 0.717) is 4.90 Å². The molecule has 0 spiro atoms. The minimum Gasteiger partial charge on any atom is -0.479 e. The Morgan fingerprint density at radius 3 is 1.56 bits per heavy atom. The van der Waals surface area contributed by atoms with Gasteiger partial charge in [0.2, 0.25) is 0 Å². The molecular formula is C36H49B24N5O13. The Balaban J connectivity index is 1.90. The predicted octanol–water partition coefficient (Wildman–Crippen LogP) is -7.57. The number of nitrogens with zero attached hydrogens (tertiary/aromatic N) is 2. The summed E-state index contributed by atoms with van der Waals surface area (Å²) in [5, 5.41) is 18.0. The van der Waals surface area contributed by atoms with Crippen LogP contribution in [0, 0.1) is 17.8 Å². The van der Waals surface area contributed by atoms with E-state index in [9.17, 15) is 24.3 Å². The van der Waals surface area contributed by atoms with Gasteiger partial charge in [-0.3, -0.25) is 19.3 Å². The number of nitrogens with one attached hydrogen (secondary N) is 3. The molecule has 42 heteroatoms. The largest absolute Gasteiger partial charge is 0.479 e. The van der Waals surface area contributed by atoms with Gasteiger partial charge < -0.3 is 58.9 Å². The van der Waals surface area contributed by atoms with E-state index >= 15 is 4.79 Å². The monoisotopic (exact) mass is 1020 g/mol. The maximum atomic E-state index is 15.4. The fraction of sp³-hybridized carbons (Fsp3) is 0.861. The number of urea groups is 1. The van der Waals surface area contributed by atoms with E-state index in [-0.39, 0.29) is 31.2 Å². The number of ether oxygens (including phenoxy) is 7. The third kappa shape index (κ3) is 17.1. The van der Waals surface area contributed by atoms with Gasteiger partial charge in [-0.05, 0) is 73.2 Å². The molecule has 4 rings (SSSR count). The minimum absolute atomic E-state index is 0.0717. The second-order valence-corrected chi connectivity index (χ2v) is 20.9. The Labute approximate surface area is 487 Å². The normalized spacial score (nSPS) is 34.9. The van der Waals surface area contributed by atoms with Crippen LogP contribution in [-0.4, -0.2) is 323 Å². The number of rotatable bonds is 23. The number of hydrogen-bond donors (Lipinski definition) is 4. The molecular weight excluding hydrogens is 970 g/mol. The standard InChI is InChI=1S/C36H49B24N5O13/c1-10(2)13-15(38)17(40)31(74-23(13)30(67)68)75-24-14(37)12(5)72-33(21(24)63-35(70)58(49)50)77-26-16(39)18(41)32(76-25-19(42)28(56(45)46)73-22(11(3)4)20(25)62-34(69)57(47)48)78-27(26)29(66)64(36(71)61-9-55(43)44)7-6-8-65(59(51)52)60(53)54/h10-28,31-33H,6-9H2,1-5H3,(H,61,71)(H,62,69)(H,63,70)(H,67,68). The van der Waals surface area contributed by atoms with Crippen LogP contribution >= 0.6 is 0 Å². The summed E-state index contributed by atoms with van der Waals surface area (Å²) in [7, 11) is 111. The highest BCUT2D eigenvalue weighted by Crippen LogP contribution is 2.48. The SMILES string of the molecule is [B]B([B])CNC(=O)N(CCCN(B([B])[B])B([B])[B])C(=O)C1OC(OC2C([B])C(B([B])[B])OC(C(C)C)C2NC(=O)B([B])[B])C([B])C([B])C1OC1OC(C)C([B])C(OC2OC(C(=O)O)C(C(C)C)C([B])C2[B])C1NC(=O)B([B])[B]. The predicted molar refractivity (Wildman–Crippen MR) is 317 cm³/mol. The molecule has 4 fully saturated rings. The summed E-state index contributed by atoms with van der Waals surface area (Å²) in [4.78, 5) is 69.6. The fourth-order valence-electron chi connectivity index (χ4n) is 9.88. The van der Waals surface area contributed by atoms with Crippen LogP contribution < -0.4 is 16.0 Å². The number of carboxylic acids is 1. The molecule has 4 heterocycles. The molecule has 0 aromatic rings. The van der Waals surface area contributed by atoms with E-state index in [2.05, 4.69) is 16.0 Å². The van der Waals surface area contributed by atoms with Crippen LogP contribution in [0.4, 0.5) is 14.4 Å². The van der Waals surface area contributed by atoms with Crippen molar-refractivity contribution < 1.29 is 62.2 Å². The maximum absolute atomic E-state index is 15.4. The summed E-state index contributed by atoms with van der Waals surface area (Å²) >= 11 is 0. The first-order chi connectivity index (χ1) is 36.2. The summed E-state index contributed by atoms with van der Waals surface area (Å²) in [6.07, 6.45) is -15.8. The highest BCUT2D eigenvalue weighted by Gasteiger charge is 2.56. The van der Waals surface area contributed by atoms with Crippen molar-refractivity contribution in [2.24, 2.45) is 17.8 Å². The third-order valence-electron chi connectivity index (χ3n) is 14.2. The van der Waals surface area contributed by atoms with E-state index in [1.54, 1.807) is 27.7 Å². The molecule has 0 saturated carbocycles. The van der Waals surface area contributed by atoms with Gasteiger partial charge in [-0.25, -0.2) is 9.59 Å². The zero-order valence-electron chi connectivity index (χ0n) is 44.6. The molecule has 4 aliphatic heterocycles. The van der Waals surface area contributed by atoms with Crippen LogP contribution in [0.5, 0.6) is 0 Å². The smallest absolute Gasteiger partial charge is 0.333 e. The quantitative estimate of drug-likeness (QED) is 0.0702. The first-order valence-electron chi connectivity index (χ1n) is 25.6. The van der Waals surface area contributed by atoms with E-state index in [4.69, 9.17) is 173 Å². The van der Waals surface area contributed by atoms with Gasteiger partial charge >= 0.3 is 12.0 Å². The molecule has 20 unspecified atom stereocenters. The molecule has 5 amide bonds. The second kappa shape index (κ2) is 30.4. The Bertz CT molecular complexity index is 1980. The van der Waals surface area contributed by atoms with Gasteiger partial charge in [0.15, 0.2) is 55.7 Å². The molecule has 36 radical (unpaired) electrons. The molecule has 0 aromatic carbocycles. The van der Waals surface area contributed by atoms with Gasteiger partial charge in [0, 0.05) is 105 Å². The molecule has 0 aromatic heterocycles. The molecule has 0 bridgehead atoms. The van der Waals surface area contributed by atoms with Gasteiger partial charge in [-0.1, -0.05) is 33.5 Å². The van der Waals surface area contributed by atoms with Crippen molar-refractivity contribution in [3.8, 4) is 0 Å². The number of carbonyl (C=O) groups is 5. The lowest BCUT2D eigenvalue weighted by Crippen LogP contribution is -2.67. The van der Waals surface area contributed by atoms with Gasteiger partial charge in [-0.15, -0.1) is 0 Å². The van der Waals surface area contributed by atoms with Crippen molar-refractivity contribution in [2.45, 2.75) is 156 Å². The third-order valence-corrected chi connectivity index (χ3v) is 14.2. The van der Waals surface area contributed by atoms with Gasteiger partial charge in [0.1, 0.15) is 19.3 Å². The van der Waals surface area contributed by atoms with Crippen LogP contribution in [0.25, 0.3) is 0 Å². The van der Waals surface area contributed by atoms with Crippen molar-refractivity contribution >= 4 is 209 Å². The summed E-state index contributed by atoms with van der Waals surface area (Å²) in [5.41, 5.74) is 0. The van der Waals surface area contributed by atoms with Crippen molar-refractivity contribution in [2.75, 3.05) is 19.5 Å². The number of carboxylic acid groups (broad SMARTS) is 1. The lowest BCUT2D eigenvalue weighted by molar-refractivity contribution is -0.307. The number of carbonyl (C=O) groups excluding carboxylic acids is 4. The molecule has 4 aliphatic rings. The highest BCUT2D eigenvalue weighted by atomic mass is 16.7. The Morgan fingerprint density at radius 1 is 0.590 bits per heavy atom. The van der Waals surface area contributed by atoms with Crippen LogP contribution in [-0.2, 0) is 42.7 Å². The zero-order chi connectivity index (χ0) is 59.1. The van der Waals surface area contributed by atoms with E-state index in [1.807, 2.05) is 0 Å². The van der Waals surface area contributed by atoms with Crippen molar-refractivity contribution in [1.29, 1.82) is 0 Å². The average molecular weight is 1020 g/mol. The summed E-state index contributed by atoms with van der Waals surface area (Å²) in [6.45, 7) is 0.206.